The first-order valence-electron chi connectivity index (χ1n) is 4.51. The summed E-state index contributed by atoms with van der Waals surface area (Å²) in [6.07, 6.45) is -4.59. The van der Waals surface area contributed by atoms with Crippen molar-refractivity contribution in [2.75, 3.05) is 0 Å². The van der Waals surface area contributed by atoms with E-state index in [4.69, 9.17) is 4.42 Å². The smallest absolute Gasteiger partial charge is 0.420 e. The Labute approximate surface area is 88.7 Å². The molecule has 2 nitrogen and oxygen atoms in total. The highest BCUT2D eigenvalue weighted by atomic mass is 19.4. The first-order chi connectivity index (χ1) is 7.41. The van der Waals surface area contributed by atoms with Gasteiger partial charge in [-0.25, -0.2) is 0 Å². The molecular weight excluding hydrogens is 221 g/mol. The van der Waals surface area contributed by atoms with Gasteiger partial charge in [-0.15, -0.1) is 0 Å². The van der Waals surface area contributed by atoms with Crippen molar-refractivity contribution < 1.29 is 22.4 Å². The third-order valence-electron chi connectivity index (χ3n) is 2.20. The maximum absolute atomic E-state index is 12.8. The second-order valence-corrected chi connectivity index (χ2v) is 3.36. The molecule has 0 amide bonds. The summed E-state index contributed by atoms with van der Waals surface area (Å²) in [5.41, 5.74) is -0.921. The normalized spacial score (nSPS) is 12.0. The molecule has 84 valence electrons. The molecule has 0 bridgehead atoms. The first-order valence-corrected chi connectivity index (χ1v) is 4.51. The molecular formula is C11H7F3O2. The Morgan fingerprint density at radius 1 is 1.25 bits per heavy atom. The summed E-state index contributed by atoms with van der Waals surface area (Å²) in [6.45, 7) is 1.05. The number of hydrogen-bond acceptors (Lipinski definition) is 2. The molecule has 0 saturated carbocycles. The summed E-state index contributed by atoms with van der Waals surface area (Å²) in [5, 5.41) is -0.0831. The molecule has 0 aliphatic rings. The highest BCUT2D eigenvalue weighted by Gasteiger charge is 2.39. The number of carbonyl (C=O) groups is 1. The van der Waals surface area contributed by atoms with Crippen molar-refractivity contribution in [3.05, 3.63) is 35.6 Å². The number of Topliss-reactive ketones (excluding diaryl/α,β-unsaturated/α-hetero) is 1. The number of alkyl halides is 3. The lowest BCUT2D eigenvalue weighted by atomic mass is 10.1. The van der Waals surface area contributed by atoms with Gasteiger partial charge in [0.2, 0.25) is 0 Å². The molecule has 0 radical (unpaired) electrons. The quantitative estimate of drug-likeness (QED) is 0.697. The fraction of sp³-hybridized carbons (Fsp3) is 0.182. The Hall–Kier alpha value is -1.78. The van der Waals surface area contributed by atoms with Crippen LogP contribution in [0.3, 0.4) is 0 Å². The minimum atomic E-state index is -4.59. The van der Waals surface area contributed by atoms with Crippen molar-refractivity contribution in [1.82, 2.24) is 0 Å². The Morgan fingerprint density at radius 3 is 2.44 bits per heavy atom. The van der Waals surface area contributed by atoms with Crippen molar-refractivity contribution in [2.24, 2.45) is 0 Å². The summed E-state index contributed by atoms with van der Waals surface area (Å²) in [6, 6.07) is 5.71. The standard InChI is InChI=1S/C11H7F3O2/c1-6(15)10-9(11(12,13)14)7-4-2-3-5-8(7)16-10/h2-5H,1H3. The first kappa shape index (κ1) is 10.7. The number of para-hydroxylation sites is 1. The summed E-state index contributed by atoms with van der Waals surface area (Å²) >= 11 is 0. The van der Waals surface area contributed by atoms with E-state index in [1.54, 1.807) is 6.07 Å². The van der Waals surface area contributed by atoms with Gasteiger partial charge in [0, 0.05) is 12.3 Å². The van der Waals surface area contributed by atoms with E-state index in [-0.39, 0.29) is 11.0 Å². The van der Waals surface area contributed by atoms with Gasteiger partial charge in [0.1, 0.15) is 11.1 Å². The molecule has 0 saturated heterocycles. The molecule has 0 aliphatic heterocycles. The maximum Gasteiger partial charge on any atom is 0.420 e. The molecule has 2 rings (SSSR count). The van der Waals surface area contributed by atoms with Crippen LogP contribution in [0.2, 0.25) is 0 Å². The number of hydrogen-bond donors (Lipinski definition) is 0. The van der Waals surface area contributed by atoms with Gasteiger partial charge in [-0.3, -0.25) is 4.79 Å². The predicted octanol–water partition coefficient (Wildman–Crippen LogP) is 3.65. The lowest BCUT2D eigenvalue weighted by Gasteiger charge is -2.05. The van der Waals surface area contributed by atoms with Crippen LogP contribution in [0.1, 0.15) is 23.0 Å². The van der Waals surface area contributed by atoms with Crippen molar-refractivity contribution in [1.29, 1.82) is 0 Å². The number of ketones is 1. The van der Waals surface area contributed by atoms with Crippen LogP contribution < -0.4 is 0 Å². The van der Waals surface area contributed by atoms with Crippen LogP contribution in [-0.4, -0.2) is 5.78 Å². The largest absolute Gasteiger partial charge is 0.452 e. The fourth-order valence-electron chi connectivity index (χ4n) is 1.57. The zero-order valence-electron chi connectivity index (χ0n) is 8.26. The average molecular weight is 228 g/mol. The monoisotopic (exact) mass is 228 g/mol. The van der Waals surface area contributed by atoms with E-state index in [1.165, 1.54) is 18.2 Å². The summed E-state index contributed by atoms with van der Waals surface area (Å²) in [4.78, 5) is 11.1. The highest BCUT2D eigenvalue weighted by Crippen LogP contribution is 2.39. The average Bonchev–Trinajstić information content (AvgIpc) is 2.55. The van der Waals surface area contributed by atoms with Crippen LogP contribution in [0.15, 0.2) is 28.7 Å². The van der Waals surface area contributed by atoms with Crippen molar-refractivity contribution >= 4 is 16.8 Å². The van der Waals surface area contributed by atoms with E-state index >= 15 is 0 Å². The van der Waals surface area contributed by atoms with Crippen LogP contribution in [0, 0.1) is 0 Å². The Kier molecular flexibility index (Phi) is 2.26. The molecule has 0 spiro atoms. The highest BCUT2D eigenvalue weighted by molar-refractivity contribution is 5.99. The van der Waals surface area contributed by atoms with Gasteiger partial charge in [-0.1, -0.05) is 18.2 Å². The van der Waals surface area contributed by atoms with Crippen LogP contribution in [-0.2, 0) is 6.18 Å². The topological polar surface area (TPSA) is 30.2 Å². The van der Waals surface area contributed by atoms with Crippen LogP contribution >= 0.6 is 0 Å². The molecule has 0 atom stereocenters. The molecule has 0 aliphatic carbocycles. The number of furan rings is 1. The SMILES string of the molecule is CC(=O)c1oc2ccccc2c1C(F)(F)F. The van der Waals surface area contributed by atoms with Crippen LogP contribution in [0.25, 0.3) is 11.0 Å². The number of rotatable bonds is 1. The number of fused-ring (bicyclic) bond motifs is 1. The lowest BCUT2D eigenvalue weighted by Crippen LogP contribution is -2.09. The predicted molar refractivity (Wildman–Crippen MR) is 51.2 cm³/mol. The molecule has 0 unspecified atom stereocenters. The Morgan fingerprint density at radius 2 is 1.88 bits per heavy atom. The molecule has 0 N–H and O–H groups in total. The van der Waals surface area contributed by atoms with E-state index < -0.39 is 23.3 Å². The molecule has 16 heavy (non-hydrogen) atoms. The third kappa shape index (κ3) is 1.58. The number of carbonyl (C=O) groups excluding carboxylic acids is 1. The van der Waals surface area contributed by atoms with Gasteiger partial charge in [0.05, 0.1) is 0 Å². The second kappa shape index (κ2) is 3.37. The zero-order chi connectivity index (χ0) is 11.9. The molecule has 1 aromatic heterocycles. The lowest BCUT2D eigenvalue weighted by molar-refractivity contribution is -0.137. The number of halogens is 3. The van der Waals surface area contributed by atoms with E-state index in [1.807, 2.05) is 0 Å². The summed E-state index contributed by atoms with van der Waals surface area (Å²) in [7, 11) is 0. The second-order valence-electron chi connectivity index (χ2n) is 3.36. The minimum absolute atomic E-state index is 0.0695. The Balaban J connectivity index is 2.85. The molecule has 1 heterocycles. The third-order valence-corrected chi connectivity index (χ3v) is 2.20. The molecule has 2 aromatic rings. The van der Waals surface area contributed by atoms with E-state index in [0.29, 0.717) is 0 Å². The van der Waals surface area contributed by atoms with Gasteiger partial charge in [0.15, 0.2) is 11.5 Å². The van der Waals surface area contributed by atoms with Crippen LogP contribution in [0.4, 0.5) is 13.2 Å². The number of benzene rings is 1. The minimum Gasteiger partial charge on any atom is -0.452 e. The van der Waals surface area contributed by atoms with Crippen LogP contribution in [0.5, 0.6) is 0 Å². The van der Waals surface area contributed by atoms with Crippen molar-refractivity contribution in [2.45, 2.75) is 13.1 Å². The van der Waals surface area contributed by atoms with E-state index in [2.05, 4.69) is 0 Å². The van der Waals surface area contributed by atoms with Gasteiger partial charge >= 0.3 is 6.18 Å². The molecule has 0 fully saturated rings. The molecule has 5 heteroatoms. The van der Waals surface area contributed by atoms with Gasteiger partial charge in [-0.05, 0) is 6.07 Å². The summed E-state index contributed by atoms with van der Waals surface area (Å²) in [5.74, 6) is -1.36. The van der Waals surface area contributed by atoms with E-state index in [0.717, 1.165) is 6.92 Å². The van der Waals surface area contributed by atoms with E-state index in [9.17, 15) is 18.0 Å². The Bertz CT molecular complexity index is 552. The fourth-order valence-corrected chi connectivity index (χ4v) is 1.57. The van der Waals surface area contributed by atoms with Crippen molar-refractivity contribution in [3.63, 3.8) is 0 Å². The summed E-state index contributed by atoms with van der Waals surface area (Å²) < 4.78 is 43.2. The van der Waals surface area contributed by atoms with Crippen molar-refractivity contribution in [3.8, 4) is 0 Å². The van der Waals surface area contributed by atoms with Gasteiger partial charge in [0.25, 0.3) is 0 Å². The molecule has 1 aromatic carbocycles. The maximum atomic E-state index is 12.8. The van der Waals surface area contributed by atoms with Gasteiger partial charge in [-0.2, -0.15) is 13.2 Å². The van der Waals surface area contributed by atoms with Gasteiger partial charge < -0.3 is 4.42 Å². The zero-order valence-corrected chi connectivity index (χ0v) is 8.26.